The number of urea groups is 1. The van der Waals surface area contributed by atoms with Crippen molar-refractivity contribution in [2.45, 2.75) is 6.04 Å². The van der Waals surface area contributed by atoms with Gasteiger partial charge in [0.1, 0.15) is 0 Å². The van der Waals surface area contributed by atoms with Gasteiger partial charge in [-0.05, 0) is 12.1 Å². The van der Waals surface area contributed by atoms with E-state index in [4.69, 9.17) is 45.0 Å². The second kappa shape index (κ2) is 6.81. The summed E-state index contributed by atoms with van der Waals surface area (Å²) in [7, 11) is 0. The van der Waals surface area contributed by atoms with Crippen molar-refractivity contribution < 1.29 is 19.8 Å². The average Bonchev–Trinajstić information content (AvgIpc) is 2.30. The van der Waals surface area contributed by atoms with Crippen LogP contribution in [-0.4, -0.2) is 34.9 Å². The lowest BCUT2D eigenvalue weighted by atomic mass is 10.3. The van der Waals surface area contributed by atoms with E-state index in [0.29, 0.717) is 5.02 Å². The van der Waals surface area contributed by atoms with Crippen molar-refractivity contribution in [2.24, 2.45) is 0 Å². The van der Waals surface area contributed by atoms with Gasteiger partial charge in [0.05, 0.1) is 22.3 Å². The zero-order valence-corrected chi connectivity index (χ0v) is 11.6. The van der Waals surface area contributed by atoms with Crippen LogP contribution in [0.5, 0.6) is 0 Å². The van der Waals surface area contributed by atoms with E-state index in [9.17, 15) is 9.59 Å². The van der Waals surface area contributed by atoms with Crippen molar-refractivity contribution in [1.29, 1.82) is 0 Å². The van der Waals surface area contributed by atoms with Crippen LogP contribution in [0.1, 0.15) is 0 Å². The van der Waals surface area contributed by atoms with Crippen molar-refractivity contribution in [1.82, 2.24) is 5.32 Å². The first-order valence-corrected chi connectivity index (χ1v) is 6.04. The second-order valence-electron chi connectivity index (χ2n) is 3.42. The normalized spacial score (nSPS) is 11.8. The fraction of sp³-hybridized carbons (Fsp3) is 0.200. The fourth-order valence-electron chi connectivity index (χ4n) is 1.15. The molecule has 19 heavy (non-hydrogen) atoms. The number of hydrogen-bond donors (Lipinski definition) is 4. The number of hydrogen-bond acceptors (Lipinski definition) is 3. The van der Waals surface area contributed by atoms with Crippen molar-refractivity contribution in [3.63, 3.8) is 0 Å². The van der Waals surface area contributed by atoms with E-state index in [1.54, 1.807) is 0 Å². The molecule has 0 fully saturated rings. The molecule has 0 aliphatic carbocycles. The number of rotatable bonds is 4. The Hall–Kier alpha value is -1.21. The van der Waals surface area contributed by atoms with Crippen molar-refractivity contribution in [3.05, 3.63) is 27.2 Å². The molecule has 9 heteroatoms. The number of halogens is 3. The summed E-state index contributed by atoms with van der Waals surface area (Å²) in [4.78, 5) is 22.2. The third kappa shape index (κ3) is 4.43. The monoisotopic (exact) mass is 326 g/mol. The molecule has 1 aromatic carbocycles. The minimum absolute atomic E-state index is 0.0901. The Bertz CT molecular complexity index is 487. The number of carboxylic acid groups (broad SMARTS) is 1. The maximum atomic E-state index is 11.5. The van der Waals surface area contributed by atoms with Crippen LogP contribution in [0.15, 0.2) is 12.1 Å². The van der Waals surface area contributed by atoms with E-state index in [-0.39, 0.29) is 15.7 Å². The largest absolute Gasteiger partial charge is 0.480 e. The molecule has 2 amide bonds. The highest BCUT2D eigenvalue weighted by molar-refractivity contribution is 6.42. The van der Waals surface area contributed by atoms with Crippen LogP contribution >= 0.6 is 34.8 Å². The topological polar surface area (TPSA) is 98.7 Å². The predicted molar refractivity (Wildman–Crippen MR) is 72.1 cm³/mol. The van der Waals surface area contributed by atoms with Crippen LogP contribution in [0.3, 0.4) is 0 Å². The SMILES string of the molecule is O=C(Nc1c(Cl)cc(Cl)cc1Cl)N[C@H](CO)C(=O)O. The molecule has 0 heterocycles. The van der Waals surface area contributed by atoms with Gasteiger partial charge in [0.25, 0.3) is 0 Å². The first-order valence-electron chi connectivity index (χ1n) is 4.91. The maximum Gasteiger partial charge on any atom is 0.328 e. The number of carbonyl (C=O) groups is 2. The third-order valence-electron chi connectivity index (χ3n) is 2.03. The standard InChI is InChI=1S/C10H9Cl3N2O4/c11-4-1-5(12)8(6(13)2-4)15-10(19)14-7(3-16)9(17)18/h1-2,7,16H,3H2,(H,17,18)(H2,14,15,19)/t7-/m1/s1. The van der Waals surface area contributed by atoms with Crippen LogP contribution < -0.4 is 10.6 Å². The van der Waals surface area contributed by atoms with Gasteiger partial charge in [-0.3, -0.25) is 0 Å². The van der Waals surface area contributed by atoms with Crippen molar-refractivity contribution in [2.75, 3.05) is 11.9 Å². The summed E-state index contributed by atoms with van der Waals surface area (Å²) in [5, 5.41) is 22.2. The van der Waals surface area contributed by atoms with Gasteiger partial charge in [-0.2, -0.15) is 0 Å². The van der Waals surface area contributed by atoms with Crippen LogP contribution in [0.4, 0.5) is 10.5 Å². The van der Waals surface area contributed by atoms with E-state index in [1.807, 2.05) is 5.32 Å². The molecule has 0 radical (unpaired) electrons. The van der Waals surface area contributed by atoms with Gasteiger partial charge in [0, 0.05) is 5.02 Å². The molecular formula is C10H9Cl3N2O4. The molecule has 6 nitrogen and oxygen atoms in total. The molecule has 1 rings (SSSR count). The average molecular weight is 328 g/mol. The van der Waals surface area contributed by atoms with Crippen LogP contribution in [0.2, 0.25) is 15.1 Å². The molecule has 0 aliphatic rings. The summed E-state index contributed by atoms with van der Waals surface area (Å²) in [5.74, 6) is -1.37. The highest BCUT2D eigenvalue weighted by Gasteiger charge is 2.19. The Labute approximate surface area is 123 Å². The van der Waals surface area contributed by atoms with Gasteiger partial charge < -0.3 is 20.8 Å². The number of carbonyl (C=O) groups excluding carboxylic acids is 1. The molecular weight excluding hydrogens is 318 g/mol. The maximum absolute atomic E-state index is 11.5. The summed E-state index contributed by atoms with van der Waals surface area (Å²) < 4.78 is 0. The first kappa shape index (κ1) is 15.8. The molecule has 0 unspecified atom stereocenters. The number of nitrogens with one attached hydrogen (secondary N) is 2. The molecule has 0 bridgehead atoms. The zero-order valence-electron chi connectivity index (χ0n) is 9.28. The summed E-state index contributed by atoms with van der Waals surface area (Å²) >= 11 is 17.4. The molecule has 0 spiro atoms. The minimum Gasteiger partial charge on any atom is -0.480 e. The highest BCUT2D eigenvalue weighted by Crippen LogP contribution is 2.33. The van der Waals surface area contributed by atoms with Crippen LogP contribution in [0, 0.1) is 0 Å². The lowest BCUT2D eigenvalue weighted by Crippen LogP contribution is -2.45. The van der Waals surface area contributed by atoms with E-state index < -0.39 is 24.6 Å². The predicted octanol–water partition coefficient (Wildman–Crippen LogP) is 2.21. The molecule has 1 atom stereocenters. The van der Waals surface area contributed by atoms with Gasteiger partial charge in [-0.25, -0.2) is 9.59 Å². The number of anilines is 1. The van der Waals surface area contributed by atoms with Gasteiger partial charge in [-0.1, -0.05) is 34.8 Å². The lowest BCUT2D eigenvalue weighted by Gasteiger charge is -2.14. The molecule has 1 aromatic rings. The second-order valence-corrected chi connectivity index (χ2v) is 4.67. The van der Waals surface area contributed by atoms with Crippen LogP contribution in [-0.2, 0) is 4.79 Å². The lowest BCUT2D eigenvalue weighted by molar-refractivity contribution is -0.140. The van der Waals surface area contributed by atoms with Crippen LogP contribution in [0.25, 0.3) is 0 Å². The molecule has 4 N–H and O–H groups in total. The number of benzene rings is 1. The smallest absolute Gasteiger partial charge is 0.328 e. The third-order valence-corrected chi connectivity index (χ3v) is 2.85. The fourth-order valence-corrected chi connectivity index (χ4v) is 2.07. The molecule has 104 valence electrons. The number of aliphatic hydroxyl groups excluding tert-OH is 1. The summed E-state index contributed by atoms with van der Waals surface area (Å²) in [6, 6.07) is 0.439. The van der Waals surface area contributed by atoms with E-state index in [1.165, 1.54) is 12.1 Å². The Balaban J connectivity index is 2.80. The summed E-state index contributed by atoms with van der Waals surface area (Å²) in [6.45, 7) is -0.745. The Morgan fingerprint density at radius 2 is 1.74 bits per heavy atom. The van der Waals surface area contributed by atoms with Crippen molar-refractivity contribution >= 4 is 52.5 Å². The molecule has 0 aliphatic heterocycles. The summed E-state index contributed by atoms with van der Waals surface area (Å²) in [5.41, 5.74) is 0.0901. The first-order chi connectivity index (χ1) is 8.85. The van der Waals surface area contributed by atoms with Gasteiger partial charge in [-0.15, -0.1) is 0 Å². The van der Waals surface area contributed by atoms with E-state index in [0.717, 1.165) is 0 Å². The quantitative estimate of drug-likeness (QED) is 0.681. The Morgan fingerprint density at radius 1 is 1.21 bits per heavy atom. The van der Waals surface area contributed by atoms with Gasteiger partial charge >= 0.3 is 12.0 Å². The molecule has 0 aromatic heterocycles. The number of amides is 2. The molecule has 0 saturated carbocycles. The van der Waals surface area contributed by atoms with E-state index in [2.05, 4.69) is 5.32 Å². The van der Waals surface area contributed by atoms with Gasteiger partial charge in [0.2, 0.25) is 0 Å². The molecule has 0 saturated heterocycles. The number of carboxylic acids is 1. The highest BCUT2D eigenvalue weighted by atomic mass is 35.5. The number of aliphatic carboxylic acids is 1. The van der Waals surface area contributed by atoms with Gasteiger partial charge in [0.15, 0.2) is 6.04 Å². The zero-order chi connectivity index (χ0) is 14.6. The Kier molecular flexibility index (Phi) is 5.68. The summed E-state index contributed by atoms with van der Waals surface area (Å²) in [6.07, 6.45) is 0. The minimum atomic E-state index is -1.43. The Morgan fingerprint density at radius 3 is 2.16 bits per heavy atom. The van der Waals surface area contributed by atoms with E-state index >= 15 is 0 Å². The number of aliphatic hydroxyl groups is 1. The van der Waals surface area contributed by atoms with Crippen molar-refractivity contribution in [3.8, 4) is 0 Å².